The number of alkyl halides is 3. The highest BCUT2D eigenvalue weighted by Crippen LogP contribution is 2.47. The average molecular weight is 409 g/mol. The van der Waals surface area contributed by atoms with E-state index in [0.717, 1.165) is 41.3 Å². The Bertz CT molecular complexity index is 1000. The van der Waals surface area contributed by atoms with Gasteiger partial charge in [-0.05, 0) is 42.5 Å². The van der Waals surface area contributed by atoms with Crippen LogP contribution in [-0.2, 0) is 6.18 Å². The number of rotatable bonds is 5. The van der Waals surface area contributed by atoms with E-state index in [1.807, 2.05) is 0 Å². The molecule has 0 aliphatic carbocycles. The molecule has 0 atom stereocenters. The molecule has 0 unspecified atom stereocenters. The van der Waals surface area contributed by atoms with Crippen molar-refractivity contribution in [3.05, 3.63) is 77.9 Å². The van der Waals surface area contributed by atoms with Gasteiger partial charge in [0.2, 0.25) is 0 Å². The third kappa shape index (κ3) is 3.96. The Labute approximate surface area is 163 Å². The molecule has 0 aliphatic heterocycles. The van der Waals surface area contributed by atoms with Crippen molar-refractivity contribution in [3.63, 3.8) is 0 Å². The van der Waals surface area contributed by atoms with E-state index in [-0.39, 0.29) is 22.9 Å². The molecule has 152 valence electrons. The van der Waals surface area contributed by atoms with Gasteiger partial charge < -0.3 is 9.47 Å². The summed E-state index contributed by atoms with van der Waals surface area (Å²) in [4.78, 5) is 1.01. The third-order valence-electron chi connectivity index (χ3n) is 4.23. The van der Waals surface area contributed by atoms with Crippen molar-refractivity contribution in [1.82, 2.24) is 0 Å². The summed E-state index contributed by atoms with van der Waals surface area (Å²) in [6.07, 6.45) is -4.67. The molecule has 0 amide bonds. The number of para-hydroxylation sites is 3. The molecule has 3 aromatic carbocycles. The van der Waals surface area contributed by atoms with Crippen molar-refractivity contribution in [1.29, 1.82) is 0 Å². The zero-order chi connectivity index (χ0) is 21.2. The van der Waals surface area contributed by atoms with Crippen LogP contribution in [0.4, 0.5) is 39.0 Å². The molecule has 8 heteroatoms. The summed E-state index contributed by atoms with van der Waals surface area (Å²) in [6, 6.07) is 12.1. The van der Waals surface area contributed by atoms with Gasteiger partial charge in [-0.1, -0.05) is 18.2 Å². The first kappa shape index (κ1) is 20.4. The van der Waals surface area contributed by atoms with Gasteiger partial charge in [0.05, 0.1) is 31.2 Å². The van der Waals surface area contributed by atoms with Crippen LogP contribution in [0.2, 0.25) is 0 Å². The van der Waals surface area contributed by atoms with Crippen LogP contribution in [-0.4, -0.2) is 14.2 Å². The standard InChI is InChI=1S/C21H16F5NO2/c1-28-18-9-4-3-8-16(18)27(20-14(22)6-5-7-15(20)23)17-12-13(21(24,25)26)10-11-19(17)29-2/h3-12H,1-2H3. The molecule has 0 saturated heterocycles. The smallest absolute Gasteiger partial charge is 0.416 e. The molecule has 3 aromatic rings. The molecule has 0 aliphatic rings. The SMILES string of the molecule is COc1ccccc1N(c1cc(C(F)(F)F)ccc1OC)c1c(F)cccc1F. The van der Waals surface area contributed by atoms with Crippen molar-refractivity contribution in [2.75, 3.05) is 19.1 Å². The molecular formula is C21H16F5NO2. The van der Waals surface area contributed by atoms with Gasteiger partial charge in [-0.3, -0.25) is 4.90 Å². The normalized spacial score (nSPS) is 11.3. The predicted molar refractivity (Wildman–Crippen MR) is 99.1 cm³/mol. The van der Waals surface area contributed by atoms with Crippen LogP contribution in [0, 0.1) is 11.6 Å². The number of benzene rings is 3. The summed E-state index contributed by atoms with van der Waals surface area (Å²) in [5, 5.41) is 0. The third-order valence-corrected chi connectivity index (χ3v) is 4.23. The van der Waals surface area contributed by atoms with Gasteiger partial charge in [-0.2, -0.15) is 13.2 Å². The monoisotopic (exact) mass is 409 g/mol. The highest BCUT2D eigenvalue weighted by molar-refractivity contribution is 5.84. The maximum Gasteiger partial charge on any atom is 0.416 e. The summed E-state index contributed by atoms with van der Waals surface area (Å²) in [5.41, 5.74) is -1.62. The number of anilines is 3. The molecule has 3 rings (SSSR count). The fraction of sp³-hybridized carbons (Fsp3) is 0.143. The second-order valence-electron chi connectivity index (χ2n) is 5.96. The first-order chi connectivity index (χ1) is 13.8. The maximum absolute atomic E-state index is 14.7. The minimum Gasteiger partial charge on any atom is -0.495 e. The van der Waals surface area contributed by atoms with Crippen LogP contribution in [0.25, 0.3) is 0 Å². The van der Waals surface area contributed by atoms with Crippen molar-refractivity contribution in [2.24, 2.45) is 0 Å². The van der Waals surface area contributed by atoms with Crippen LogP contribution in [0.5, 0.6) is 11.5 Å². The summed E-state index contributed by atoms with van der Waals surface area (Å²) in [5.74, 6) is -1.73. The fourth-order valence-electron chi connectivity index (χ4n) is 2.93. The van der Waals surface area contributed by atoms with Crippen molar-refractivity contribution in [3.8, 4) is 11.5 Å². The van der Waals surface area contributed by atoms with Crippen LogP contribution >= 0.6 is 0 Å². The Morgan fingerprint density at radius 1 is 0.724 bits per heavy atom. The van der Waals surface area contributed by atoms with E-state index < -0.39 is 29.1 Å². The zero-order valence-corrected chi connectivity index (χ0v) is 15.4. The molecule has 0 N–H and O–H groups in total. The molecular weight excluding hydrogens is 393 g/mol. The van der Waals surface area contributed by atoms with Gasteiger partial charge in [-0.25, -0.2) is 8.78 Å². The molecule has 0 saturated carbocycles. The molecule has 0 bridgehead atoms. The first-order valence-corrected chi connectivity index (χ1v) is 8.40. The fourth-order valence-corrected chi connectivity index (χ4v) is 2.93. The van der Waals surface area contributed by atoms with Gasteiger partial charge in [0.25, 0.3) is 0 Å². The zero-order valence-electron chi connectivity index (χ0n) is 15.4. The van der Waals surface area contributed by atoms with Crippen molar-refractivity contribution >= 4 is 17.1 Å². The van der Waals surface area contributed by atoms with E-state index in [2.05, 4.69) is 0 Å². The Balaban J connectivity index is 2.39. The molecule has 0 fully saturated rings. The lowest BCUT2D eigenvalue weighted by Crippen LogP contribution is -2.17. The molecule has 0 radical (unpaired) electrons. The number of halogens is 5. The average Bonchev–Trinajstić information content (AvgIpc) is 2.70. The van der Waals surface area contributed by atoms with Crippen LogP contribution < -0.4 is 14.4 Å². The summed E-state index contributed by atoms with van der Waals surface area (Å²) < 4.78 is 79.9. The molecule has 3 nitrogen and oxygen atoms in total. The van der Waals surface area contributed by atoms with E-state index in [1.54, 1.807) is 12.1 Å². The lowest BCUT2D eigenvalue weighted by molar-refractivity contribution is -0.137. The van der Waals surface area contributed by atoms with Crippen molar-refractivity contribution < 1.29 is 31.4 Å². The predicted octanol–water partition coefficient (Wildman–Crippen LogP) is 6.47. The van der Waals surface area contributed by atoms with Gasteiger partial charge in [0.15, 0.2) is 0 Å². The first-order valence-electron chi connectivity index (χ1n) is 8.40. The van der Waals surface area contributed by atoms with Crippen molar-refractivity contribution in [2.45, 2.75) is 6.18 Å². The van der Waals surface area contributed by atoms with Gasteiger partial charge >= 0.3 is 6.18 Å². The minimum absolute atomic E-state index is 0.00782. The van der Waals surface area contributed by atoms with E-state index in [4.69, 9.17) is 9.47 Å². The lowest BCUT2D eigenvalue weighted by atomic mass is 10.1. The quantitative estimate of drug-likeness (QED) is 0.451. The highest BCUT2D eigenvalue weighted by atomic mass is 19.4. The van der Waals surface area contributed by atoms with Crippen LogP contribution in [0.3, 0.4) is 0 Å². The molecule has 0 heterocycles. The Morgan fingerprint density at radius 2 is 1.31 bits per heavy atom. The Kier molecular flexibility index (Phi) is 5.63. The van der Waals surface area contributed by atoms with Crippen LogP contribution in [0.1, 0.15) is 5.56 Å². The van der Waals surface area contributed by atoms with Gasteiger partial charge in [0.1, 0.15) is 28.8 Å². The van der Waals surface area contributed by atoms with Gasteiger partial charge in [0, 0.05) is 0 Å². The van der Waals surface area contributed by atoms with Gasteiger partial charge in [-0.15, -0.1) is 0 Å². The Hall–Kier alpha value is -3.29. The van der Waals surface area contributed by atoms with E-state index in [9.17, 15) is 22.0 Å². The molecule has 29 heavy (non-hydrogen) atoms. The second kappa shape index (κ2) is 7.98. The highest BCUT2D eigenvalue weighted by Gasteiger charge is 2.33. The number of nitrogens with zero attached hydrogens (tertiary/aromatic N) is 1. The number of methoxy groups -OCH3 is 2. The maximum atomic E-state index is 14.7. The van der Waals surface area contributed by atoms with E-state index >= 15 is 0 Å². The topological polar surface area (TPSA) is 21.7 Å². The largest absolute Gasteiger partial charge is 0.495 e. The minimum atomic E-state index is -4.67. The summed E-state index contributed by atoms with van der Waals surface area (Å²) >= 11 is 0. The lowest BCUT2D eigenvalue weighted by Gasteiger charge is -2.29. The second-order valence-corrected chi connectivity index (χ2v) is 5.96. The van der Waals surface area contributed by atoms with Crippen LogP contribution in [0.15, 0.2) is 60.7 Å². The molecule has 0 spiro atoms. The molecule has 0 aromatic heterocycles. The number of ether oxygens (including phenoxy) is 2. The number of hydrogen-bond donors (Lipinski definition) is 0. The summed E-state index contributed by atoms with van der Waals surface area (Å²) in [6.45, 7) is 0. The van der Waals surface area contributed by atoms with E-state index in [1.165, 1.54) is 26.4 Å². The van der Waals surface area contributed by atoms with E-state index in [0.29, 0.717) is 0 Å². The number of hydrogen-bond acceptors (Lipinski definition) is 3. The Morgan fingerprint density at radius 3 is 1.90 bits per heavy atom. The summed E-state index contributed by atoms with van der Waals surface area (Å²) in [7, 11) is 2.60.